The lowest BCUT2D eigenvalue weighted by atomic mass is 10.2. The molecule has 106 valence electrons. The van der Waals surface area contributed by atoms with Gasteiger partial charge >= 0.3 is 0 Å². The molecule has 5 nitrogen and oxygen atoms in total. The van der Waals surface area contributed by atoms with Crippen molar-refractivity contribution in [2.45, 2.75) is 0 Å². The van der Waals surface area contributed by atoms with Crippen LogP contribution in [0.1, 0.15) is 0 Å². The largest absolute Gasteiger partial charge is 0.395 e. The summed E-state index contributed by atoms with van der Waals surface area (Å²) in [5.74, 6) is -0.554. The topological polar surface area (TPSA) is 60.9 Å². The van der Waals surface area contributed by atoms with Gasteiger partial charge in [-0.3, -0.25) is 0 Å². The van der Waals surface area contributed by atoms with Gasteiger partial charge in [0, 0.05) is 26.2 Å². The highest BCUT2D eigenvalue weighted by Gasteiger charge is 2.27. The third-order valence-electron chi connectivity index (χ3n) is 3.17. The summed E-state index contributed by atoms with van der Waals surface area (Å²) >= 11 is 0. The summed E-state index contributed by atoms with van der Waals surface area (Å²) in [5.41, 5.74) is 0.502. The van der Waals surface area contributed by atoms with Gasteiger partial charge in [-0.05, 0) is 12.1 Å². The summed E-state index contributed by atoms with van der Waals surface area (Å²) in [5, 5.41) is 8.73. The summed E-state index contributed by atoms with van der Waals surface area (Å²) in [6.07, 6.45) is 0. The van der Waals surface area contributed by atoms with Crippen LogP contribution in [0.2, 0.25) is 0 Å². The number of rotatable bonds is 4. The maximum absolute atomic E-state index is 13.6. The minimum atomic E-state index is -3.39. The Hall–Kier alpha value is -1.18. The first kappa shape index (κ1) is 14.2. The highest BCUT2D eigenvalue weighted by Crippen LogP contribution is 2.20. The van der Waals surface area contributed by atoms with E-state index >= 15 is 0 Å². The Bertz CT molecular complexity index is 528. The molecule has 0 atom stereocenters. The molecule has 0 amide bonds. The molecule has 0 unspecified atom stereocenters. The van der Waals surface area contributed by atoms with Crippen LogP contribution in [0.25, 0.3) is 0 Å². The van der Waals surface area contributed by atoms with E-state index in [-0.39, 0.29) is 18.2 Å². The van der Waals surface area contributed by atoms with Crippen LogP contribution in [0.3, 0.4) is 0 Å². The summed E-state index contributed by atoms with van der Waals surface area (Å²) in [6, 6.07) is 6.46. The van der Waals surface area contributed by atoms with Crippen LogP contribution in [-0.4, -0.2) is 56.4 Å². The minimum absolute atomic E-state index is 0.257. The Labute approximate surface area is 112 Å². The van der Waals surface area contributed by atoms with Crippen LogP contribution in [0, 0.1) is 5.82 Å². The number of para-hydroxylation sites is 1. The van der Waals surface area contributed by atoms with E-state index in [9.17, 15) is 12.8 Å². The lowest BCUT2D eigenvalue weighted by molar-refractivity contribution is 0.312. The molecular weight excluding hydrogens is 271 g/mol. The lowest BCUT2D eigenvalue weighted by Crippen LogP contribution is -2.49. The third kappa shape index (κ3) is 3.23. The zero-order chi connectivity index (χ0) is 13.9. The van der Waals surface area contributed by atoms with Crippen molar-refractivity contribution < 1.29 is 17.9 Å². The number of hydrogen-bond acceptors (Lipinski definition) is 4. The molecule has 1 aliphatic rings. The number of anilines is 1. The molecule has 2 rings (SSSR count). The molecule has 0 spiro atoms. The summed E-state index contributed by atoms with van der Waals surface area (Å²) in [7, 11) is -3.39. The average Bonchev–Trinajstić information content (AvgIpc) is 2.39. The lowest BCUT2D eigenvalue weighted by Gasteiger charge is -2.35. The monoisotopic (exact) mass is 288 g/mol. The van der Waals surface area contributed by atoms with E-state index in [0.717, 1.165) is 0 Å². The Morgan fingerprint density at radius 3 is 2.37 bits per heavy atom. The summed E-state index contributed by atoms with van der Waals surface area (Å²) in [4.78, 5) is 1.83. The van der Waals surface area contributed by atoms with E-state index in [4.69, 9.17) is 5.11 Å². The first-order valence-corrected chi connectivity index (χ1v) is 7.73. The highest BCUT2D eigenvalue weighted by molar-refractivity contribution is 7.89. The average molecular weight is 288 g/mol. The molecule has 1 aromatic rings. The first-order chi connectivity index (χ1) is 9.04. The third-order valence-corrected chi connectivity index (χ3v) is 5.02. The minimum Gasteiger partial charge on any atom is -0.395 e. The summed E-state index contributed by atoms with van der Waals surface area (Å²) in [6.45, 7) is 1.15. The summed E-state index contributed by atoms with van der Waals surface area (Å²) < 4.78 is 38.5. The van der Waals surface area contributed by atoms with Gasteiger partial charge in [-0.1, -0.05) is 12.1 Å². The fourth-order valence-corrected chi connectivity index (χ4v) is 3.37. The quantitative estimate of drug-likeness (QED) is 0.864. The molecule has 0 radical (unpaired) electrons. The molecule has 19 heavy (non-hydrogen) atoms. The molecule has 7 heteroatoms. The first-order valence-electron chi connectivity index (χ1n) is 6.13. The molecule has 0 aliphatic carbocycles. The Balaban J connectivity index is 2.02. The van der Waals surface area contributed by atoms with Gasteiger partial charge in [0.15, 0.2) is 0 Å². The molecular formula is C12H17FN2O3S. The Morgan fingerprint density at radius 2 is 1.79 bits per heavy atom. The van der Waals surface area contributed by atoms with Crippen molar-refractivity contribution in [2.24, 2.45) is 0 Å². The van der Waals surface area contributed by atoms with Gasteiger partial charge in [-0.15, -0.1) is 0 Å². The molecule has 0 saturated carbocycles. The molecule has 1 aliphatic heterocycles. The van der Waals surface area contributed by atoms with Crippen molar-refractivity contribution in [3.8, 4) is 0 Å². The van der Waals surface area contributed by atoms with Crippen LogP contribution in [0.15, 0.2) is 24.3 Å². The van der Waals surface area contributed by atoms with Crippen molar-refractivity contribution in [2.75, 3.05) is 43.4 Å². The van der Waals surface area contributed by atoms with Crippen LogP contribution in [-0.2, 0) is 10.0 Å². The fraction of sp³-hybridized carbons (Fsp3) is 0.500. The molecule has 1 N–H and O–H groups in total. The van der Waals surface area contributed by atoms with Gasteiger partial charge in [0.05, 0.1) is 18.0 Å². The molecule has 1 aromatic carbocycles. The van der Waals surface area contributed by atoms with Gasteiger partial charge in [-0.2, -0.15) is 4.31 Å². The van der Waals surface area contributed by atoms with Crippen molar-refractivity contribution in [1.29, 1.82) is 0 Å². The van der Waals surface area contributed by atoms with E-state index < -0.39 is 10.0 Å². The number of benzene rings is 1. The second-order valence-corrected chi connectivity index (χ2v) is 6.47. The predicted molar refractivity (Wildman–Crippen MR) is 71.1 cm³/mol. The van der Waals surface area contributed by atoms with Crippen LogP contribution < -0.4 is 4.90 Å². The SMILES string of the molecule is O=S(=O)(CCO)N1CCN(c2ccccc2F)CC1. The van der Waals surface area contributed by atoms with E-state index in [2.05, 4.69) is 0 Å². The molecule has 1 heterocycles. The number of piperazine rings is 1. The maximum Gasteiger partial charge on any atom is 0.216 e. The Kier molecular flexibility index (Phi) is 4.38. The van der Waals surface area contributed by atoms with Crippen molar-refractivity contribution in [3.63, 3.8) is 0 Å². The zero-order valence-electron chi connectivity index (χ0n) is 10.5. The number of aliphatic hydroxyl groups excluding tert-OH is 1. The predicted octanol–water partition coefficient (Wildman–Crippen LogP) is 0.270. The molecule has 1 fully saturated rings. The molecule has 1 saturated heterocycles. The van der Waals surface area contributed by atoms with Crippen molar-refractivity contribution in [3.05, 3.63) is 30.1 Å². The normalized spacial score (nSPS) is 17.7. The number of halogens is 1. The fourth-order valence-electron chi connectivity index (χ4n) is 2.16. The smallest absolute Gasteiger partial charge is 0.216 e. The maximum atomic E-state index is 13.6. The van der Waals surface area contributed by atoms with Crippen LogP contribution in [0.4, 0.5) is 10.1 Å². The molecule has 0 bridgehead atoms. The van der Waals surface area contributed by atoms with Gasteiger partial charge in [0.25, 0.3) is 0 Å². The second kappa shape index (κ2) is 5.85. The number of nitrogens with zero attached hydrogens (tertiary/aromatic N) is 2. The van der Waals surface area contributed by atoms with Crippen LogP contribution in [0.5, 0.6) is 0 Å². The van der Waals surface area contributed by atoms with E-state index in [1.807, 2.05) is 4.90 Å². The van der Waals surface area contributed by atoms with Gasteiger partial charge < -0.3 is 10.0 Å². The molecule has 0 aromatic heterocycles. The standard InChI is InChI=1S/C12H17FN2O3S/c13-11-3-1-2-4-12(11)14-5-7-15(8-6-14)19(17,18)10-9-16/h1-4,16H,5-10H2. The second-order valence-electron chi connectivity index (χ2n) is 4.38. The number of hydrogen-bond donors (Lipinski definition) is 1. The van der Waals surface area contributed by atoms with Crippen molar-refractivity contribution >= 4 is 15.7 Å². The van der Waals surface area contributed by atoms with Gasteiger partial charge in [0.2, 0.25) is 10.0 Å². The van der Waals surface area contributed by atoms with E-state index in [1.165, 1.54) is 10.4 Å². The number of aliphatic hydroxyl groups is 1. The van der Waals surface area contributed by atoms with Gasteiger partial charge in [0.1, 0.15) is 5.82 Å². The zero-order valence-corrected chi connectivity index (χ0v) is 11.3. The van der Waals surface area contributed by atoms with Gasteiger partial charge in [-0.25, -0.2) is 12.8 Å². The van der Waals surface area contributed by atoms with Crippen molar-refractivity contribution in [1.82, 2.24) is 4.31 Å². The van der Waals surface area contributed by atoms with Crippen LogP contribution >= 0.6 is 0 Å². The number of sulfonamides is 1. The van der Waals surface area contributed by atoms with E-state index in [1.54, 1.807) is 18.2 Å². The highest BCUT2D eigenvalue weighted by atomic mass is 32.2. The Morgan fingerprint density at radius 1 is 1.16 bits per heavy atom. The van der Waals surface area contributed by atoms with E-state index in [0.29, 0.717) is 31.9 Å².